The van der Waals surface area contributed by atoms with E-state index in [0.29, 0.717) is 0 Å². The second-order valence-corrected chi connectivity index (χ2v) is 6.63. The molecule has 0 unspecified atom stereocenters. The fraction of sp³-hybridized carbons (Fsp3) is 0.0870. The van der Waals surface area contributed by atoms with E-state index in [2.05, 4.69) is 91.5 Å². The summed E-state index contributed by atoms with van der Waals surface area (Å²) in [5.41, 5.74) is 5.46. The standard InChI is InChI=1S/C23H18NO/c1-15-7-3-6-10-18(15)22-23-19(11-12-24(22)2)20-13-16-8-4-5-9-17(16)14-21(20)25-23/h3-14H,1-2H3/q+1. The third-order valence-electron chi connectivity index (χ3n) is 5.03. The number of hydrogen-bond donors (Lipinski definition) is 0. The Labute approximate surface area is 145 Å². The number of rotatable bonds is 1. The molecule has 0 saturated carbocycles. The number of aromatic nitrogens is 1. The van der Waals surface area contributed by atoms with Crippen LogP contribution in [0.1, 0.15) is 5.56 Å². The summed E-state index contributed by atoms with van der Waals surface area (Å²) in [5.74, 6) is 0. The molecule has 2 heteroatoms. The lowest BCUT2D eigenvalue weighted by molar-refractivity contribution is -0.659. The Morgan fingerprint density at radius 3 is 2.32 bits per heavy atom. The molecule has 5 aromatic rings. The summed E-state index contributed by atoms with van der Waals surface area (Å²) in [7, 11) is 2.07. The van der Waals surface area contributed by atoms with Crippen molar-refractivity contribution in [2.24, 2.45) is 7.05 Å². The topological polar surface area (TPSA) is 17.0 Å². The van der Waals surface area contributed by atoms with Gasteiger partial charge in [0.15, 0.2) is 6.20 Å². The molecule has 2 heterocycles. The minimum Gasteiger partial charge on any atom is -0.449 e. The largest absolute Gasteiger partial charge is 0.449 e. The minimum atomic E-state index is 0.940. The lowest BCUT2D eigenvalue weighted by atomic mass is 10.0. The van der Waals surface area contributed by atoms with Crippen molar-refractivity contribution in [1.82, 2.24) is 0 Å². The molecule has 0 spiro atoms. The lowest BCUT2D eigenvalue weighted by Crippen LogP contribution is -2.30. The predicted octanol–water partition coefficient (Wildman–Crippen LogP) is 5.54. The molecule has 0 saturated heterocycles. The maximum Gasteiger partial charge on any atom is 0.256 e. The van der Waals surface area contributed by atoms with Crippen LogP contribution in [-0.2, 0) is 7.05 Å². The fourth-order valence-electron chi connectivity index (χ4n) is 3.71. The van der Waals surface area contributed by atoms with Gasteiger partial charge in [-0.3, -0.25) is 0 Å². The quantitative estimate of drug-likeness (QED) is 0.370. The molecule has 25 heavy (non-hydrogen) atoms. The van der Waals surface area contributed by atoms with Gasteiger partial charge in [0.25, 0.3) is 5.69 Å². The molecular formula is C23H18NO+. The molecular weight excluding hydrogens is 306 g/mol. The molecule has 0 fully saturated rings. The lowest BCUT2D eigenvalue weighted by Gasteiger charge is -2.04. The Morgan fingerprint density at radius 2 is 1.52 bits per heavy atom. The maximum absolute atomic E-state index is 6.36. The van der Waals surface area contributed by atoms with Crippen LogP contribution in [0.5, 0.6) is 0 Å². The Morgan fingerprint density at radius 1 is 0.800 bits per heavy atom. The average Bonchev–Trinajstić information content (AvgIpc) is 2.98. The van der Waals surface area contributed by atoms with Gasteiger partial charge in [-0.1, -0.05) is 42.5 Å². The van der Waals surface area contributed by atoms with Crippen LogP contribution < -0.4 is 4.57 Å². The molecule has 0 aliphatic carbocycles. The highest BCUT2D eigenvalue weighted by Crippen LogP contribution is 2.36. The van der Waals surface area contributed by atoms with Gasteiger partial charge in [-0.25, -0.2) is 0 Å². The van der Waals surface area contributed by atoms with Gasteiger partial charge in [0.05, 0.1) is 5.56 Å². The predicted molar refractivity (Wildman–Crippen MR) is 103 cm³/mol. The fourth-order valence-corrected chi connectivity index (χ4v) is 3.71. The first kappa shape index (κ1) is 14.2. The zero-order chi connectivity index (χ0) is 17.0. The van der Waals surface area contributed by atoms with Crippen molar-refractivity contribution >= 4 is 32.7 Å². The van der Waals surface area contributed by atoms with Gasteiger partial charge < -0.3 is 4.42 Å². The number of pyridine rings is 1. The van der Waals surface area contributed by atoms with E-state index in [1.54, 1.807) is 0 Å². The molecule has 5 rings (SSSR count). The van der Waals surface area contributed by atoms with Crippen molar-refractivity contribution in [2.45, 2.75) is 6.92 Å². The van der Waals surface area contributed by atoms with Crippen LogP contribution in [-0.4, -0.2) is 0 Å². The summed E-state index contributed by atoms with van der Waals surface area (Å²) >= 11 is 0. The summed E-state index contributed by atoms with van der Waals surface area (Å²) in [6.07, 6.45) is 2.12. The molecule has 0 aliphatic heterocycles. The van der Waals surface area contributed by atoms with E-state index < -0.39 is 0 Å². The van der Waals surface area contributed by atoms with E-state index in [9.17, 15) is 0 Å². The van der Waals surface area contributed by atoms with Gasteiger partial charge in [-0.15, -0.1) is 0 Å². The van der Waals surface area contributed by atoms with Gasteiger partial charge in [0, 0.05) is 16.8 Å². The zero-order valence-electron chi connectivity index (χ0n) is 14.3. The second-order valence-electron chi connectivity index (χ2n) is 6.63. The van der Waals surface area contributed by atoms with E-state index >= 15 is 0 Å². The molecule has 0 amide bonds. The molecule has 120 valence electrons. The van der Waals surface area contributed by atoms with Gasteiger partial charge in [0.2, 0.25) is 5.58 Å². The number of nitrogens with zero attached hydrogens (tertiary/aromatic N) is 1. The number of aryl methyl sites for hydroxylation is 2. The monoisotopic (exact) mass is 324 g/mol. The Balaban J connectivity index is 1.94. The highest BCUT2D eigenvalue weighted by atomic mass is 16.3. The molecule has 3 aromatic carbocycles. The Bertz CT molecular complexity index is 1260. The van der Waals surface area contributed by atoms with Crippen LogP contribution in [0.25, 0.3) is 44.0 Å². The molecule has 0 radical (unpaired) electrons. The smallest absolute Gasteiger partial charge is 0.256 e. The number of benzene rings is 3. The van der Waals surface area contributed by atoms with Crippen molar-refractivity contribution in [3.05, 3.63) is 78.5 Å². The minimum absolute atomic E-state index is 0.940. The molecule has 0 aliphatic rings. The van der Waals surface area contributed by atoms with E-state index in [-0.39, 0.29) is 0 Å². The third kappa shape index (κ3) is 2.07. The van der Waals surface area contributed by atoms with Crippen LogP contribution in [0.3, 0.4) is 0 Å². The number of furan rings is 1. The van der Waals surface area contributed by atoms with E-state index in [1.165, 1.54) is 27.3 Å². The van der Waals surface area contributed by atoms with Crippen molar-refractivity contribution in [1.29, 1.82) is 0 Å². The van der Waals surface area contributed by atoms with Crippen LogP contribution in [0.4, 0.5) is 0 Å². The first-order chi connectivity index (χ1) is 12.2. The van der Waals surface area contributed by atoms with E-state index in [4.69, 9.17) is 4.42 Å². The van der Waals surface area contributed by atoms with E-state index in [1.807, 2.05) is 0 Å². The number of hydrogen-bond acceptors (Lipinski definition) is 1. The summed E-state index contributed by atoms with van der Waals surface area (Å²) in [6.45, 7) is 2.14. The third-order valence-corrected chi connectivity index (χ3v) is 5.03. The van der Waals surface area contributed by atoms with Crippen molar-refractivity contribution in [3.8, 4) is 11.3 Å². The van der Waals surface area contributed by atoms with E-state index in [0.717, 1.165) is 22.2 Å². The molecule has 2 nitrogen and oxygen atoms in total. The summed E-state index contributed by atoms with van der Waals surface area (Å²) in [4.78, 5) is 0. The zero-order valence-corrected chi connectivity index (χ0v) is 14.3. The van der Waals surface area contributed by atoms with Gasteiger partial charge >= 0.3 is 0 Å². The van der Waals surface area contributed by atoms with Gasteiger partial charge in [0.1, 0.15) is 12.6 Å². The Kier molecular flexibility index (Phi) is 2.95. The van der Waals surface area contributed by atoms with Crippen LogP contribution >= 0.6 is 0 Å². The molecule has 0 bridgehead atoms. The molecule has 2 aromatic heterocycles. The summed E-state index contributed by atoms with van der Waals surface area (Å²) < 4.78 is 8.51. The maximum atomic E-state index is 6.36. The average molecular weight is 324 g/mol. The molecule has 0 atom stereocenters. The van der Waals surface area contributed by atoms with Crippen LogP contribution in [0, 0.1) is 6.92 Å². The highest BCUT2D eigenvalue weighted by Gasteiger charge is 2.22. The molecule has 0 N–H and O–H groups in total. The second kappa shape index (κ2) is 5.18. The summed E-state index contributed by atoms with van der Waals surface area (Å²) in [6, 6.07) is 23.4. The first-order valence-electron chi connectivity index (χ1n) is 8.52. The van der Waals surface area contributed by atoms with Crippen molar-refractivity contribution < 1.29 is 8.98 Å². The van der Waals surface area contributed by atoms with Crippen LogP contribution in [0.2, 0.25) is 0 Å². The van der Waals surface area contributed by atoms with Crippen molar-refractivity contribution in [2.75, 3.05) is 0 Å². The first-order valence-corrected chi connectivity index (χ1v) is 8.52. The Hall–Kier alpha value is -3.13. The highest BCUT2D eigenvalue weighted by molar-refractivity contribution is 6.12. The SMILES string of the molecule is Cc1ccccc1-c1c2oc3cc4ccccc4cc3c2cc[n+]1C. The summed E-state index contributed by atoms with van der Waals surface area (Å²) in [5, 5.41) is 4.78. The van der Waals surface area contributed by atoms with Gasteiger partial charge in [-0.05, 0) is 41.5 Å². The normalized spacial score (nSPS) is 11.6. The number of fused-ring (bicyclic) bond motifs is 4. The van der Waals surface area contributed by atoms with Crippen molar-refractivity contribution in [3.63, 3.8) is 0 Å². The van der Waals surface area contributed by atoms with Crippen LogP contribution in [0.15, 0.2) is 77.3 Å². The van der Waals surface area contributed by atoms with Gasteiger partial charge in [-0.2, -0.15) is 4.57 Å².